The maximum atomic E-state index is 14.7. The first-order valence-corrected chi connectivity index (χ1v) is 18.8. The fourth-order valence-electron chi connectivity index (χ4n) is 5.80. The zero-order valence-corrected chi connectivity index (χ0v) is 32.1. The molecule has 16 heteroatoms. The van der Waals surface area contributed by atoms with Crippen LogP contribution in [0.2, 0.25) is 0 Å². The van der Waals surface area contributed by atoms with Crippen LogP contribution in [-0.2, 0) is 23.9 Å². The highest BCUT2D eigenvalue weighted by molar-refractivity contribution is 7.09. The third kappa shape index (κ3) is 12.5. The van der Waals surface area contributed by atoms with Gasteiger partial charge in [0.15, 0.2) is 11.8 Å². The molecule has 1 aliphatic heterocycles. The first kappa shape index (κ1) is 42.8. The topological polar surface area (TPSA) is 180 Å². The van der Waals surface area contributed by atoms with Gasteiger partial charge in [0.2, 0.25) is 5.91 Å². The van der Waals surface area contributed by atoms with Gasteiger partial charge in [-0.15, -0.1) is 23.7 Å². The Balaban J connectivity index is 1.99. The molecule has 15 nitrogen and oxygen atoms in total. The number of amides is 2. The smallest absolute Gasteiger partial charge is 0.461 e. The van der Waals surface area contributed by atoms with Crippen molar-refractivity contribution < 1.29 is 43.1 Å². The van der Waals surface area contributed by atoms with Crippen molar-refractivity contribution in [1.82, 2.24) is 20.3 Å². The van der Waals surface area contributed by atoms with Gasteiger partial charge in [0.1, 0.15) is 16.8 Å². The van der Waals surface area contributed by atoms with Crippen LogP contribution in [0, 0.1) is 34.3 Å². The highest BCUT2D eigenvalue weighted by Crippen LogP contribution is 2.33. The monoisotopic (exact) mass is 757 g/mol. The summed E-state index contributed by atoms with van der Waals surface area (Å²) in [6, 6.07) is 2.83. The number of carbonyl (C=O) groups is 4. The number of non-ortho nitro benzene ring substituents is 1. The van der Waals surface area contributed by atoms with Crippen LogP contribution in [0.4, 0.5) is 10.5 Å². The van der Waals surface area contributed by atoms with Crippen molar-refractivity contribution in [3.63, 3.8) is 0 Å². The number of terminal acetylenes is 1. The van der Waals surface area contributed by atoms with E-state index in [-0.39, 0.29) is 65.6 Å². The van der Waals surface area contributed by atoms with Crippen molar-refractivity contribution in [3.8, 4) is 18.1 Å². The lowest BCUT2D eigenvalue weighted by atomic mass is 9.93. The number of nitrogens with one attached hydrogen (secondary N) is 1. The molecule has 53 heavy (non-hydrogen) atoms. The molecule has 1 fully saturated rings. The minimum absolute atomic E-state index is 0.00416. The second-order valence-corrected chi connectivity index (χ2v) is 14.1. The number of aromatic nitrogens is 1. The predicted molar refractivity (Wildman–Crippen MR) is 197 cm³/mol. The van der Waals surface area contributed by atoms with Gasteiger partial charge in [0, 0.05) is 30.4 Å². The molecule has 0 radical (unpaired) electrons. The Labute approximate surface area is 314 Å². The number of rotatable bonds is 19. The molecule has 0 bridgehead atoms. The zero-order chi connectivity index (χ0) is 39.1. The molecule has 1 saturated heterocycles. The minimum Gasteiger partial charge on any atom is -0.461 e. The van der Waals surface area contributed by atoms with Crippen LogP contribution in [0.25, 0.3) is 0 Å². The van der Waals surface area contributed by atoms with Crippen molar-refractivity contribution in [2.45, 2.75) is 104 Å². The number of likely N-dealkylation sites (N-methyl/N-ethyl adjacent to an activating group) is 1. The van der Waals surface area contributed by atoms with E-state index in [0.717, 1.165) is 30.7 Å². The molecule has 0 saturated carbocycles. The van der Waals surface area contributed by atoms with E-state index in [1.807, 2.05) is 39.6 Å². The molecule has 0 aliphatic carbocycles. The normalized spacial score (nSPS) is 16.8. The number of piperidine rings is 1. The van der Waals surface area contributed by atoms with Crippen LogP contribution in [0.3, 0.4) is 0 Å². The van der Waals surface area contributed by atoms with Crippen molar-refractivity contribution in [3.05, 3.63) is 50.5 Å². The van der Waals surface area contributed by atoms with Gasteiger partial charge in [0.05, 0.1) is 30.2 Å². The van der Waals surface area contributed by atoms with Crippen LogP contribution in [0.5, 0.6) is 5.75 Å². The molecule has 1 aromatic carbocycles. The maximum Gasteiger partial charge on any atom is 0.514 e. The third-order valence-electron chi connectivity index (χ3n) is 9.06. The number of nitro benzene ring substituents is 1. The van der Waals surface area contributed by atoms with Gasteiger partial charge in [-0.25, -0.2) is 19.6 Å². The first-order valence-electron chi connectivity index (χ1n) is 18.0. The summed E-state index contributed by atoms with van der Waals surface area (Å²) >= 11 is 1.06. The molecule has 2 heterocycles. The molecular weight excluding hydrogens is 706 g/mol. The van der Waals surface area contributed by atoms with E-state index in [4.69, 9.17) is 25.5 Å². The Morgan fingerprint density at radius 1 is 1.17 bits per heavy atom. The fraction of sp³-hybridized carbons (Fsp3) is 0.595. The maximum absolute atomic E-state index is 14.7. The summed E-state index contributed by atoms with van der Waals surface area (Å²) < 4.78 is 16.3. The lowest BCUT2D eigenvalue weighted by molar-refractivity contribution is -0.384. The Morgan fingerprint density at radius 2 is 1.89 bits per heavy atom. The van der Waals surface area contributed by atoms with Crippen molar-refractivity contribution >= 4 is 41.0 Å². The number of hydrogen-bond donors (Lipinski definition) is 1. The second kappa shape index (κ2) is 21.2. The predicted octanol–water partition coefficient (Wildman–Crippen LogP) is 6.09. The average molecular weight is 758 g/mol. The number of carbonyl (C=O) groups excluding carboxylic acids is 4. The highest BCUT2D eigenvalue weighted by atomic mass is 32.1. The Hall–Kier alpha value is -4.59. The quantitative estimate of drug-likeness (QED) is 0.0436. The minimum atomic E-state index is -1.15. The standard InChI is InChI=1S/C37H51N5O10S/c1-8-11-14-21-50-41(35(44)32(25(6)9-2)39-33(43)29-15-12-13-20-40(29)7)30(24(4)5)22-31(34-38-28(23-53-34)36(45)49-10-3)52-37(46)51-27-18-16-26(17-19-27)42(47)48/h1,16-19,23-25,29-32H,9-15,20-22H2,2-7H3,(H,39,43)/t25-,29+,30+,31+,32-/m0/s1. The van der Waals surface area contributed by atoms with Crippen LogP contribution in [0.1, 0.15) is 101 Å². The van der Waals surface area contributed by atoms with Crippen molar-refractivity contribution in [2.75, 3.05) is 26.8 Å². The lowest BCUT2D eigenvalue weighted by Gasteiger charge is -2.39. The van der Waals surface area contributed by atoms with Crippen LogP contribution >= 0.6 is 11.3 Å². The number of likely N-dealkylation sites (tertiary alicyclic amines) is 1. The number of esters is 1. The lowest BCUT2D eigenvalue weighted by Crippen LogP contribution is -2.58. The summed E-state index contributed by atoms with van der Waals surface area (Å²) in [5, 5.41) is 17.1. The van der Waals surface area contributed by atoms with Gasteiger partial charge in [0.25, 0.3) is 11.6 Å². The fourth-order valence-corrected chi connectivity index (χ4v) is 6.63. The number of ether oxygens (including phenoxy) is 3. The molecule has 5 atom stereocenters. The van der Waals surface area contributed by atoms with E-state index in [1.54, 1.807) is 6.92 Å². The number of thiazole rings is 1. The number of nitrogens with zero attached hydrogens (tertiary/aromatic N) is 4. The van der Waals surface area contributed by atoms with Crippen molar-refractivity contribution in [2.24, 2.45) is 11.8 Å². The Kier molecular flexibility index (Phi) is 17.1. The van der Waals surface area contributed by atoms with Gasteiger partial charge >= 0.3 is 12.1 Å². The molecule has 1 aliphatic rings. The van der Waals surface area contributed by atoms with E-state index in [2.05, 4.69) is 16.2 Å². The van der Waals surface area contributed by atoms with Gasteiger partial charge in [-0.1, -0.05) is 40.5 Å². The van der Waals surface area contributed by atoms with Crippen LogP contribution in [-0.4, -0.2) is 88.7 Å². The summed E-state index contributed by atoms with van der Waals surface area (Å²) in [6.45, 7) is 10.3. The molecule has 0 unspecified atom stereocenters. The molecule has 290 valence electrons. The summed E-state index contributed by atoms with van der Waals surface area (Å²) in [6.07, 6.45) is 7.17. The molecule has 2 amide bonds. The molecule has 3 rings (SSSR count). The molecule has 1 aromatic heterocycles. The largest absolute Gasteiger partial charge is 0.514 e. The molecule has 1 N–H and O–H groups in total. The second-order valence-electron chi connectivity index (χ2n) is 13.2. The SMILES string of the molecule is C#CCCCON(C(=O)[C@@H](NC(=O)[C@H]1CCCCN1C)[C@@H](C)CC)[C@H](C[C@@H](OC(=O)Oc1ccc([N+](=O)[O-])cc1)c1nc(C(=O)OCC)cs1)C(C)C. The van der Waals surface area contributed by atoms with E-state index < -0.39 is 41.1 Å². The van der Waals surface area contributed by atoms with Crippen LogP contribution < -0.4 is 10.1 Å². The third-order valence-corrected chi connectivity index (χ3v) is 10.00. The van der Waals surface area contributed by atoms with Gasteiger partial charge in [-0.2, -0.15) is 0 Å². The highest BCUT2D eigenvalue weighted by Gasteiger charge is 2.40. The average Bonchev–Trinajstić information content (AvgIpc) is 3.63. The summed E-state index contributed by atoms with van der Waals surface area (Å²) in [5.74, 6) is 0.653. The van der Waals surface area contributed by atoms with Gasteiger partial charge < -0.3 is 19.5 Å². The van der Waals surface area contributed by atoms with E-state index in [0.29, 0.717) is 25.7 Å². The van der Waals surface area contributed by atoms with Gasteiger partial charge in [-0.3, -0.25) is 29.4 Å². The zero-order valence-electron chi connectivity index (χ0n) is 31.3. The summed E-state index contributed by atoms with van der Waals surface area (Å²) in [7, 11) is 1.90. The van der Waals surface area contributed by atoms with E-state index in [1.165, 1.54) is 34.7 Å². The first-order chi connectivity index (χ1) is 25.3. The van der Waals surface area contributed by atoms with E-state index in [9.17, 15) is 29.3 Å². The van der Waals surface area contributed by atoms with Crippen molar-refractivity contribution in [1.29, 1.82) is 0 Å². The number of benzene rings is 1. The summed E-state index contributed by atoms with van der Waals surface area (Å²) in [5.41, 5.74) is -0.182. The number of hydrogen-bond acceptors (Lipinski definition) is 13. The molecular formula is C37H51N5O10S. The molecule has 2 aromatic rings. The van der Waals surface area contributed by atoms with Gasteiger partial charge in [-0.05, 0) is 63.7 Å². The van der Waals surface area contributed by atoms with E-state index >= 15 is 0 Å². The Morgan fingerprint density at radius 3 is 2.49 bits per heavy atom. The number of nitro groups is 1. The molecule has 0 spiro atoms. The number of hydroxylamine groups is 2. The Bertz CT molecular complexity index is 1580. The van der Waals surface area contributed by atoms with Crippen LogP contribution in [0.15, 0.2) is 29.6 Å². The summed E-state index contributed by atoms with van der Waals surface area (Å²) in [4.78, 5) is 77.1. The number of unbranched alkanes of at least 4 members (excludes halogenated alkanes) is 1.